The molecule has 0 radical (unpaired) electrons. The van der Waals surface area contributed by atoms with Crippen molar-refractivity contribution < 1.29 is 19.1 Å². The van der Waals surface area contributed by atoms with E-state index in [1.54, 1.807) is 13.8 Å². The zero-order valence-corrected chi connectivity index (χ0v) is 17.5. The summed E-state index contributed by atoms with van der Waals surface area (Å²) in [5.74, 6) is -0.710. The van der Waals surface area contributed by atoms with Crippen LogP contribution in [0.1, 0.15) is 105 Å². The van der Waals surface area contributed by atoms with E-state index in [2.05, 4.69) is 13.8 Å². The lowest BCUT2D eigenvalue weighted by atomic mass is 9.97. The van der Waals surface area contributed by atoms with Gasteiger partial charge in [0, 0.05) is 11.1 Å². The van der Waals surface area contributed by atoms with Gasteiger partial charge in [-0.3, -0.25) is 0 Å². The zero-order chi connectivity index (χ0) is 19.6. The van der Waals surface area contributed by atoms with Crippen molar-refractivity contribution in [3.8, 4) is 0 Å². The molecule has 0 amide bonds. The van der Waals surface area contributed by atoms with Gasteiger partial charge in [0.05, 0.1) is 13.2 Å². The molecule has 0 aromatic heterocycles. The van der Waals surface area contributed by atoms with Crippen molar-refractivity contribution in [3.63, 3.8) is 0 Å². The predicted octanol–water partition coefficient (Wildman–Crippen LogP) is 6.13. The second kappa shape index (κ2) is 17.1. The number of ether oxygens (including phenoxy) is 2. The third-order valence-electron chi connectivity index (χ3n) is 4.47. The lowest BCUT2D eigenvalue weighted by Crippen LogP contribution is -2.17. The molecule has 0 aliphatic rings. The summed E-state index contributed by atoms with van der Waals surface area (Å²) in [5.41, 5.74) is 1.06. The smallest absolute Gasteiger partial charge is 0.334 e. The van der Waals surface area contributed by atoms with Gasteiger partial charge in [0.1, 0.15) is 0 Å². The molecule has 0 spiro atoms. The molecule has 0 saturated heterocycles. The Morgan fingerprint density at radius 2 is 0.923 bits per heavy atom. The summed E-state index contributed by atoms with van der Waals surface area (Å²) in [6, 6.07) is 0. The quantitative estimate of drug-likeness (QED) is 0.187. The minimum absolute atomic E-state index is 0.322. The molecule has 4 nitrogen and oxygen atoms in total. The van der Waals surface area contributed by atoms with Crippen LogP contribution in [0.5, 0.6) is 0 Å². The summed E-state index contributed by atoms with van der Waals surface area (Å²) in [4.78, 5) is 24.8. The Bertz CT molecular complexity index is 412. The van der Waals surface area contributed by atoms with Gasteiger partial charge in [0.2, 0.25) is 0 Å². The molecule has 0 heterocycles. The summed E-state index contributed by atoms with van der Waals surface area (Å²) >= 11 is 0. The Hall–Kier alpha value is -1.32. The third kappa shape index (κ3) is 11.3. The molecule has 152 valence electrons. The standard InChI is InChI=1S/C22H40O4/c1-5-9-11-12-13-14-15-16-18-20(22(24)26-8-4)19(17-10-6-2)21(23)25-7-3/h5-18H2,1-4H3/b20-19-. The third-order valence-corrected chi connectivity index (χ3v) is 4.47. The summed E-state index contributed by atoms with van der Waals surface area (Å²) < 4.78 is 10.4. The molecule has 0 aliphatic carbocycles. The first-order valence-corrected chi connectivity index (χ1v) is 10.7. The second-order valence-corrected chi connectivity index (χ2v) is 6.73. The normalized spacial score (nSPS) is 11.8. The van der Waals surface area contributed by atoms with Crippen molar-refractivity contribution in [2.75, 3.05) is 13.2 Å². The minimum Gasteiger partial charge on any atom is -0.463 e. The Morgan fingerprint density at radius 3 is 1.35 bits per heavy atom. The van der Waals surface area contributed by atoms with Gasteiger partial charge in [-0.1, -0.05) is 65.2 Å². The maximum Gasteiger partial charge on any atom is 0.334 e. The monoisotopic (exact) mass is 368 g/mol. The Kier molecular flexibility index (Phi) is 16.2. The molecule has 26 heavy (non-hydrogen) atoms. The number of carbonyl (C=O) groups is 2. The summed E-state index contributed by atoms with van der Waals surface area (Å²) in [5, 5.41) is 0. The van der Waals surface area contributed by atoms with Crippen LogP contribution in [-0.4, -0.2) is 25.2 Å². The fourth-order valence-corrected chi connectivity index (χ4v) is 2.98. The molecule has 0 aliphatic heterocycles. The summed E-state index contributed by atoms with van der Waals surface area (Å²) in [6.45, 7) is 8.53. The average molecular weight is 369 g/mol. The topological polar surface area (TPSA) is 52.6 Å². The highest BCUT2D eigenvalue weighted by molar-refractivity contribution is 6.00. The molecule has 0 rings (SSSR count). The molecular weight excluding hydrogens is 328 g/mol. The predicted molar refractivity (Wildman–Crippen MR) is 107 cm³/mol. The molecule has 0 aromatic carbocycles. The van der Waals surface area contributed by atoms with Crippen LogP contribution in [0.4, 0.5) is 0 Å². The van der Waals surface area contributed by atoms with Crippen LogP contribution in [0.25, 0.3) is 0 Å². The van der Waals surface area contributed by atoms with Gasteiger partial charge in [-0.2, -0.15) is 0 Å². The first-order valence-electron chi connectivity index (χ1n) is 10.7. The molecule has 0 atom stereocenters. The van der Waals surface area contributed by atoms with E-state index in [0.717, 1.165) is 25.7 Å². The molecule has 0 fully saturated rings. The minimum atomic E-state index is -0.358. The number of esters is 2. The van der Waals surface area contributed by atoms with Gasteiger partial charge in [0.15, 0.2) is 0 Å². The highest BCUT2D eigenvalue weighted by atomic mass is 16.5. The first-order chi connectivity index (χ1) is 12.6. The lowest BCUT2D eigenvalue weighted by Gasteiger charge is -2.14. The van der Waals surface area contributed by atoms with Crippen LogP contribution in [0.2, 0.25) is 0 Å². The van der Waals surface area contributed by atoms with Crippen molar-refractivity contribution in [3.05, 3.63) is 11.1 Å². The molecule has 0 unspecified atom stereocenters. The van der Waals surface area contributed by atoms with Crippen molar-refractivity contribution >= 4 is 11.9 Å². The van der Waals surface area contributed by atoms with Crippen molar-refractivity contribution in [2.45, 2.75) is 105 Å². The highest BCUT2D eigenvalue weighted by Crippen LogP contribution is 2.22. The van der Waals surface area contributed by atoms with E-state index in [1.807, 2.05) is 0 Å². The van der Waals surface area contributed by atoms with Gasteiger partial charge in [0.25, 0.3) is 0 Å². The van der Waals surface area contributed by atoms with E-state index in [-0.39, 0.29) is 11.9 Å². The molecule has 0 N–H and O–H groups in total. The van der Waals surface area contributed by atoms with Crippen LogP contribution in [0.3, 0.4) is 0 Å². The van der Waals surface area contributed by atoms with Crippen LogP contribution in [0.15, 0.2) is 11.1 Å². The molecule has 4 heteroatoms. The van der Waals surface area contributed by atoms with Gasteiger partial charge in [-0.25, -0.2) is 9.59 Å². The molecule has 0 aromatic rings. The maximum atomic E-state index is 12.4. The number of carbonyl (C=O) groups excluding carboxylic acids is 2. The highest BCUT2D eigenvalue weighted by Gasteiger charge is 2.22. The van der Waals surface area contributed by atoms with Gasteiger partial charge in [-0.15, -0.1) is 0 Å². The van der Waals surface area contributed by atoms with Crippen molar-refractivity contribution in [1.29, 1.82) is 0 Å². The van der Waals surface area contributed by atoms with E-state index in [4.69, 9.17) is 9.47 Å². The Balaban J connectivity index is 4.81. The number of rotatable bonds is 16. The maximum absolute atomic E-state index is 12.4. The van der Waals surface area contributed by atoms with E-state index >= 15 is 0 Å². The summed E-state index contributed by atoms with van der Waals surface area (Å²) in [7, 11) is 0. The number of hydrogen-bond donors (Lipinski definition) is 0. The van der Waals surface area contributed by atoms with Crippen molar-refractivity contribution in [1.82, 2.24) is 0 Å². The van der Waals surface area contributed by atoms with Crippen LogP contribution in [-0.2, 0) is 19.1 Å². The van der Waals surface area contributed by atoms with Gasteiger partial charge >= 0.3 is 11.9 Å². The van der Waals surface area contributed by atoms with Gasteiger partial charge in [-0.05, 0) is 39.5 Å². The number of hydrogen-bond acceptors (Lipinski definition) is 4. The largest absolute Gasteiger partial charge is 0.463 e. The fraction of sp³-hybridized carbons (Fsp3) is 0.818. The second-order valence-electron chi connectivity index (χ2n) is 6.73. The van der Waals surface area contributed by atoms with Crippen LogP contribution in [0, 0.1) is 0 Å². The van der Waals surface area contributed by atoms with Crippen LogP contribution >= 0.6 is 0 Å². The average Bonchev–Trinajstić information content (AvgIpc) is 2.62. The lowest BCUT2D eigenvalue weighted by molar-refractivity contribution is -0.142. The van der Waals surface area contributed by atoms with Crippen LogP contribution < -0.4 is 0 Å². The van der Waals surface area contributed by atoms with E-state index in [9.17, 15) is 9.59 Å². The molecule has 0 bridgehead atoms. The number of unbranched alkanes of at least 4 members (excludes halogenated alkanes) is 8. The first kappa shape index (κ1) is 24.7. The fourth-order valence-electron chi connectivity index (χ4n) is 2.98. The van der Waals surface area contributed by atoms with Gasteiger partial charge < -0.3 is 9.47 Å². The molecule has 0 saturated carbocycles. The van der Waals surface area contributed by atoms with E-state index < -0.39 is 0 Å². The van der Waals surface area contributed by atoms with Crippen molar-refractivity contribution in [2.24, 2.45) is 0 Å². The summed E-state index contributed by atoms with van der Waals surface area (Å²) in [6.07, 6.45) is 12.6. The SMILES string of the molecule is CCCCCCCCCC/C(C(=O)OCC)=C(\CCCC)C(=O)OCC. The van der Waals surface area contributed by atoms with E-state index in [0.29, 0.717) is 37.2 Å². The zero-order valence-electron chi connectivity index (χ0n) is 17.5. The molecular formula is C22H40O4. The van der Waals surface area contributed by atoms with E-state index in [1.165, 1.54) is 38.5 Å². The Morgan fingerprint density at radius 1 is 0.538 bits per heavy atom. The Labute approximate surface area is 160 Å².